The fraction of sp³-hybridized carbons (Fsp3) is 0.556. The van der Waals surface area contributed by atoms with Crippen molar-refractivity contribution in [3.8, 4) is 0 Å². The molecule has 1 aromatic rings. The van der Waals surface area contributed by atoms with Crippen molar-refractivity contribution in [1.29, 1.82) is 0 Å². The number of anilines is 1. The molecule has 14 heavy (non-hydrogen) atoms. The second-order valence-corrected chi connectivity index (χ2v) is 3.52. The average Bonchev–Trinajstić information content (AvgIpc) is 2.19. The highest BCUT2D eigenvalue weighted by molar-refractivity contribution is 5.36. The van der Waals surface area contributed by atoms with Crippen LogP contribution < -0.4 is 10.5 Å². The number of aromatic amines is 1. The summed E-state index contributed by atoms with van der Waals surface area (Å²) in [4.78, 5) is 12.8. The van der Waals surface area contributed by atoms with Gasteiger partial charge in [0.2, 0.25) is 0 Å². The van der Waals surface area contributed by atoms with Crippen LogP contribution in [-0.4, -0.2) is 34.5 Å². The van der Waals surface area contributed by atoms with Crippen molar-refractivity contribution in [3.05, 3.63) is 22.5 Å². The Hall–Kier alpha value is -1.36. The number of aromatic nitrogens is 2. The SMILES string of the molecule is O=c1ccc(N2CCCC(O)C2)n[nH]1. The summed E-state index contributed by atoms with van der Waals surface area (Å²) in [5.41, 5.74) is -0.202. The quantitative estimate of drug-likeness (QED) is 0.647. The lowest BCUT2D eigenvalue weighted by atomic mass is 10.1. The van der Waals surface area contributed by atoms with Crippen molar-refractivity contribution in [2.24, 2.45) is 0 Å². The Morgan fingerprint density at radius 1 is 1.57 bits per heavy atom. The molecule has 2 heterocycles. The van der Waals surface area contributed by atoms with E-state index in [2.05, 4.69) is 10.2 Å². The van der Waals surface area contributed by atoms with Gasteiger partial charge >= 0.3 is 0 Å². The van der Waals surface area contributed by atoms with Crippen LogP contribution in [0.2, 0.25) is 0 Å². The third-order valence-corrected chi connectivity index (χ3v) is 2.38. The number of H-pyrrole nitrogens is 1. The molecule has 0 aromatic carbocycles. The first-order valence-corrected chi connectivity index (χ1v) is 4.74. The van der Waals surface area contributed by atoms with Crippen molar-refractivity contribution in [3.63, 3.8) is 0 Å². The standard InChI is InChI=1S/C9H13N3O2/c13-7-2-1-5-12(6-7)8-3-4-9(14)11-10-8/h3-4,7,13H,1-2,5-6H2,(H,11,14). The predicted octanol–water partition coefficient (Wildman–Crippen LogP) is -0.269. The Morgan fingerprint density at radius 2 is 2.43 bits per heavy atom. The molecule has 1 aliphatic heterocycles. The van der Waals surface area contributed by atoms with Crippen LogP contribution in [0.4, 0.5) is 5.82 Å². The lowest BCUT2D eigenvalue weighted by Crippen LogP contribution is -2.39. The van der Waals surface area contributed by atoms with Gasteiger partial charge in [0.15, 0.2) is 0 Å². The molecule has 2 N–H and O–H groups in total. The molecule has 1 aromatic heterocycles. The van der Waals surface area contributed by atoms with Crippen molar-refractivity contribution in [2.45, 2.75) is 18.9 Å². The van der Waals surface area contributed by atoms with Gasteiger partial charge in [0.25, 0.3) is 5.56 Å². The lowest BCUT2D eigenvalue weighted by molar-refractivity contribution is 0.154. The van der Waals surface area contributed by atoms with E-state index in [9.17, 15) is 9.90 Å². The van der Waals surface area contributed by atoms with E-state index < -0.39 is 0 Å². The van der Waals surface area contributed by atoms with Crippen molar-refractivity contribution in [1.82, 2.24) is 10.2 Å². The molecule has 1 atom stereocenters. The van der Waals surface area contributed by atoms with E-state index in [1.165, 1.54) is 6.07 Å². The summed E-state index contributed by atoms with van der Waals surface area (Å²) in [6.07, 6.45) is 1.53. The van der Waals surface area contributed by atoms with E-state index >= 15 is 0 Å². The van der Waals surface area contributed by atoms with E-state index in [0.29, 0.717) is 6.54 Å². The molecule has 0 spiro atoms. The van der Waals surface area contributed by atoms with Crippen LogP contribution in [0.5, 0.6) is 0 Å². The molecule has 1 fully saturated rings. The van der Waals surface area contributed by atoms with Crippen LogP contribution in [0.3, 0.4) is 0 Å². The van der Waals surface area contributed by atoms with Crippen LogP contribution in [-0.2, 0) is 0 Å². The molecule has 0 aliphatic carbocycles. The van der Waals surface area contributed by atoms with Crippen molar-refractivity contribution in [2.75, 3.05) is 18.0 Å². The normalized spacial score (nSPS) is 22.4. The fourth-order valence-corrected chi connectivity index (χ4v) is 1.68. The lowest BCUT2D eigenvalue weighted by Gasteiger charge is -2.30. The molecule has 0 bridgehead atoms. The molecule has 5 heteroatoms. The number of aliphatic hydroxyl groups is 1. The smallest absolute Gasteiger partial charge is 0.264 e. The summed E-state index contributed by atoms with van der Waals surface area (Å²) in [5.74, 6) is 0.725. The molecule has 5 nitrogen and oxygen atoms in total. The molecule has 0 radical (unpaired) electrons. The van der Waals surface area contributed by atoms with E-state index in [1.54, 1.807) is 6.07 Å². The Labute approximate surface area is 81.4 Å². The van der Waals surface area contributed by atoms with Crippen molar-refractivity contribution >= 4 is 5.82 Å². The molecule has 76 valence electrons. The minimum atomic E-state index is -0.280. The molecular formula is C9H13N3O2. The third-order valence-electron chi connectivity index (χ3n) is 2.38. The van der Waals surface area contributed by atoms with Gasteiger partial charge in [-0.05, 0) is 18.9 Å². The van der Waals surface area contributed by atoms with Gasteiger partial charge in [-0.2, -0.15) is 5.10 Å². The van der Waals surface area contributed by atoms with E-state index in [1.807, 2.05) is 4.90 Å². The molecule has 1 unspecified atom stereocenters. The summed E-state index contributed by atoms with van der Waals surface area (Å²) in [6, 6.07) is 3.13. The zero-order chi connectivity index (χ0) is 9.97. The van der Waals surface area contributed by atoms with Crippen LogP contribution >= 0.6 is 0 Å². The Balaban J connectivity index is 2.14. The maximum atomic E-state index is 10.8. The number of hydrogen-bond donors (Lipinski definition) is 2. The fourth-order valence-electron chi connectivity index (χ4n) is 1.68. The number of hydrogen-bond acceptors (Lipinski definition) is 4. The maximum Gasteiger partial charge on any atom is 0.264 e. The largest absolute Gasteiger partial charge is 0.391 e. The highest BCUT2D eigenvalue weighted by Gasteiger charge is 2.18. The number of nitrogens with zero attached hydrogens (tertiary/aromatic N) is 2. The van der Waals surface area contributed by atoms with Gasteiger partial charge < -0.3 is 10.0 Å². The number of rotatable bonds is 1. The Morgan fingerprint density at radius 3 is 3.07 bits per heavy atom. The van der Waals surface area contributed by atoms with E-state index in [-0.39, 0.29) is 11.7 Å². The van der Waals surface area contributed by atoms with Crippen LogP contribution in [0.15, 0.2) is 16.9 Å². The number of nitrogens with one attached hydrogen (secondary N) is 1. The van der Waals surface area contributed by atoms with Gasteiger partial charge in [-0.1, -0.05) is 0 Å². The first kappa shape index (κ1) is 9.21. The van der Waals surface area contributed by atoms with Gasteiger partial charge in [-0.15, -0.1) is 0 Å². The Kier molecular flexibility index (Phi) is 2.49. The van der Waals surface area contributed by atoms with Gasteiger partial charge in [-0.3, -0.25) is 4.79 Å². The highest BCUT2D eigenvalue weighted by atomic mass is 16.3. The number of piperidine rings is 1. The zero-order valence-electron chi connectivity index (χ0n) is 7.81. The molecular weight excluding hydrogens is 182 g/mol. The zero-order valence-corrected chi connectivity index (χ0v) is 7.81. The first-order chi connectivity index (χ1) is 6.75. The van der Waals surface area contributed by atoms with Gasteiger partial charge in [0.05, 0.1) is 6.10 Å². The monoisotopic (exact) mass is 195 g/mol. The molecule has 1 aliphatic rings. The minimum absolute atomic E-state index is 0.202. The topological polar surface area (TPSA) is 69.2 Å². The van der Waals surface area contributed by atoms with Gasteiger partial charge in [0.1, 0.15) is 5.82 Å². The summed E-state index contributed by atoms with van der Waals surface area (Å²) >= 11 is 0. The number of aliphatic hydroxyl groups excluding tert-OH is 1. The van der Waals surface area contributed by atoms with Gasteiger partial charge in [0, 0.05) is 19.2 Å². The Bertz CT molecular complexity index is 343. The maximum absolute atomic E-state index is 10.8. The second-order valence-electron chi connectivity index (χ2n) is 3.52. The van der Waals surface area contributed by atoms with Crippen molar-refractivity contribution < 1.29 is 5.11 Å². The summed E-state index contributed by atoms with van der Waals surface area (Å²) in [7, 11) is 0. The third kappa shape index (κ3) is 1.93. The second kappa shape index (κ2) is 3.79. The summed E-state index contributed by atoms with van der Waals surface area (Å²) < 4.78 is 0. The van der Waals surface area contributed by atoms with Crippen LogP contribution in [0, 0.1) is 0 Å². The van der Waals surface area contributed by atoms with E-state index in [0.717, 1.165) is 25.2 Å². The molecule has 2 rings (SSSR count). The minimum Gasteiger partial charge on any atom is -0.391 e. The average molecular weight is 195 g/mol. The highest BCUT2D eigenvalue weighted by Crippen LogP contribution is 2.15. The molecule has 0 amide bonds. The summed E-state index contributed by atoms with van der Waals surface area (Å²) in [6.45, 7) is 1.48. The van der Waals surface area contributed by atoms with E-state index in [4.69, 9.17) is 0 Å². The molecule has 1 saturated heterocycles. The summed E-state index contributed by atoms with van der Waals surface area (Å²) in [5, 5.41) is 15.8. The number of β-amino-alcohol motifs (C(OH)–C–C–N with tert-alkyl or cyclic N) is 1. The van der Waals surface area contributed by atoms with Crippen LogP contribution in [0.25, 0.3) is 0 Å². The predicted molar refractivity (Wildman–Crippen MR) is 52.3 cm³/mol. The molecule has 0 saturated carbocycles. The first-order valence-electron chi connectivity index (χ1n) is 4.74. The van der Waals surface area contributed by atoms with Gasteiger partial charge in [-0.25, -0.2) is 5.10 Å². The van der Waals surface area contributed by atoms with Crippen LogP contribution in [0.1, 0.15) is 12.8 Å².